The van der Waals surface area contributed by atoms with Crippen LogP contribution in [0.1, 0.15) is 19.8 Å². The maximum absolute atomic E-state index is 11.2. The Bertz CT molecular complexity index is 602. The summed E-state index contributed by atoms with van der Waals surface area (Å²) in [5, 5.41) is 6.49. The van der Waals surface area contributed by atoms with Crippen molar-refractivity contribution in [3.8, 4) is 0 Å². The number of aliphatic imine (C=N–C) groups is 1. The third-order valence-corrected chi connectivity index (χ3v) is 4.67. The molecule has 6 nitrogen and oxygen atoms in total. The second-order valence-corrected chi connectivity index (χ2v) is 8.33. The van der Waals surface area contributed by atoms with E-state index in [1.165, 1.54) is 11.9 Å². The minimum Gasteiger partial charge on any atom is -0.375 e. The van der Waals surface area contributed by atoms with Crippen LogP contribution < -0.4 is 15.5 Å². The van der Waals surface area contributed by atoms with E-state index in [1.807, 2.05) is 25.1 Å². The molecule has 1 atom stereocenters. The van der Waals surface area contributed by atoms with Gasteiger partial charge in [0.1, 0.15) is 9.84 Å². The van der Waals surface area contributed by atoms with Crippen LogP contribution in [0.2, 0.25) is 0 Å². The smallest absolute Gasteiger partial charge is 0.191 e. The number of rotatable bonds is 9. The number of nitrogens with one attached hydrogen (secondary N) is 2. The lowest BCUT2D eigenvalue weighted by Gasteiger charge is -2.20. The van der Waals surface area contributed by atoms with E-state index in [9.17, 15) is 8.42 Å². The maximum Gasteiger partial charge on any atom is 0.191 e. The Labute approximate surface area is 146 Å². The average molecular weight is 355 g/mol. The van der Waals surface area contributed by atoms with Gasteiger partial charge in [-0.1, -0.05) is 18.2 Å². The molecule has 0 aliphatic heterocycles. The van der Waals surface area contributed by atoms with Gasteiger partial charge < -0.3 is 15.5 Å². The Kier molecular flexibility index (Phi) is 8.60. The standard InChI is InChI=1S/C17H30N4O2S/c1-15(11-14-24(4,22)23)20-17(18-2)19-12-8-13-21(3)16-9-6-5-7-10-16/h5-7,9-10,15H,8,11-14H2,1-4H3,(H2,18,19,20). The SMILES string of the molecule is CN=C(NCCCN(C)c1ccccc1)NC(C)CCS(C)(=O)=O. The first-order valence-corrected chi connectivity index (χ1v) is 10.3. The molecule has 0 heterocycles. The van der Waals surface area contributed by atoms with Gasteiger partial charge in [-0.2, -0.15) is 0 Å². The number of para-hydroxylation sites is 1. The van der Waals surface area contributed by atoms with Crippen LogP contribution >= 0.6 is 0 Å². The first-order chi connectivity index (χ1) is 11.3. The molecule has 0 saturated carbocycles. The molecule has 0 fully saturated rings. The van der Waals surface area contributed by atoms with Gasteiger partial charge in [-0.15, -0.1) is 0 Å². The lowest BCUT2D eigenvalue weighted by Crippen LogP contribution is -2.43. The number of hydrogen-bond acceptors (Lipinski definition) is 4. The Hall–Kier alpha value is -1.76. The van der Waals surface area contributed by atoms with Gasteiger partial charge in [-0.25, -0.2) is 8.42 Å². The van der Waals surface area contributed by atoms with Crippen molar-refractivity contribution in [1.82, 2.24) is 10.6 Å². The van der Waals surface area contributed by atoms with E-state index in [0.29, 0.717) is 12.4 Å². The molecule has 0 aliphatic rings. The summed E-state index contributed by atoms with van der Waals surface area (Å²) < 4.78 is 22.4. The zero-order valence-electron chi connectivity index (χ0n) is 15.1. The largest absolute Gasteiger partial charge is 0.375 e. The molecule has 0 radical (unpaired) electrons. The fraction of sp³-hybridized carbons (Fsp3) is 0.588. The number of hydrogen-bond donors (Lipinski definition) is 2. The molecule has 0 bridgehead atoms. The highest BCUT2D eigenvalue weighted by molar-refractivity contribution is 7.90. The number of benzene rings is 1. The molecule has 0 aliphatic carbocycles. The molecule has 1 unspecified atom stereocenters. The summed E-state index contributed by atoms with van der Waals surface area (Å²) in [4.78, 5) is 6.39. The highest BCUT2D eigenvalue weighted by Gasteiger charge is 2.09. The van der Waals surface area contributed by atoms with Gasteiger partial charge in [0.05, 0.1) is 5.75 Å². The first-order valence-electron chi connectivity index (χ1n) is 8.23. The molecule has 1 aromatic rings. The van der Waals surface area contributed by atoms with Gasteiger partial charge >= 0.3 is 0 Å². The van der Waals surface area contributed by atoms with Crippen LogP contribution in [0.25, 0.3) is 0 Å². The summed E-state index contributed by atoms with van der Waals surface area (Å²) in [7, 11) is 0.872. The molecule has 2 N–H and O–H groups in total. The first kappa shape index (κ1) is 20.3. The van der Waals surface area contributed by atoms with Crippen LogP contribution in [0.5, 0.6) is 0 Å². The summed E-state index contributed by atoms with van der Waals surface area (Å²) in [6, 6.07) is 10.3. The van der Waals surface area contributed by atoms with Gasteiger partial charge in [0.15, 0.2) is 5.96 Å². The molecule has 24 heavy (non-hydrogen) atoms. The van der Waals surface area contributed by atoms with Crippen LogP contribution in [0.15, 0.2) is 35.3 Å². The summed E-state index contributed by atoms with van der Waals surface area (Å²) >= 11 is 0. The number of nitrogens with zero attached hydrogens (tertiary/aromatic N) is 2. The van der Waals surface area contributed by atoms with Crippen LogP contribution in [0.3, 0.4) is 0 Å². The van der Waals surface area contributed by atoms with Crippen molar-refractivity contribution in [2.45, 2.75) is 25.8 Å². The molecule has 0 spiro atoms. The van der Waals surface area contributed by atoms with Crippen molar-refractivity contribution in [1.29, 1.82) is 0 Å². The third kappa shape index (κ3) is 8.76. The molecule has 136 valence electrons. The van der Waals surface area contributed by atoms with Gasteiger partial charge in [0.25, 0.3) is 0 Å². The summed E-state index contributed by atoms with van der Waals surface area (Å²) in [6.45, 7) is 3.70. The molecule has 0 saturated heterocycles. The van der Waals surface area contributed by atoms with Gasteiger partial charge in [-0.05, 0) is 31.9 Å². The zero-order chi connectivity index (χ0) is 18.0. The summed E-state index contributed by atoms with van der Waals surface area (Å²) in [5.74, 6) is 0.887. The van der Waals surface area contributed by atoms with Crippen molar-refractivity contribution in [2.24, 2.45) is 4.99 Å². The Morgan fingerprint density at radius 1 is 1.29 bits per heavy atom. The van der Waals surface area contributed by atoms with Crippen LogP contribution in [-0.4, -0.2) is 59.6 Å². The van der Waals surface area contributed by atoms with E-state index < -0.39 is 9.84 Å². The van der Waals surface area contributed by atoms with Crippen molar-refractivity contribution in [3.63, 3.8) is 0 Å². The zero-order valence-corrected chi connectivity index (χ0v) is 15.9. The van der Waals surface area contributed by atoms with E-state index in [1.54, 1.807) is 7.05 Å². The van der Waals surface area contributed by atoms with Crippen molar-refractivity contribution in [2.75, 3.05) is 44.1 Å². The lowest BCUT2D eigenvalue weighted by atomic mass is 10.2. The van der Waals surface area contributed by atoms with Gasteiger partial charge in [-0.3, -0.25) is 4.99 Å². The van der Waals surface area contributed by atoms with Gasteiger partial charge in [0.2, 0.25) is 0 Å². The molecule has 0 aromatic heterocycles. The predicted octanol–water partition coefficient (Wildman–Crippen LogP) is 1.50. The van der Waals surface area contributed by atoms with Crippen LogP contribution in [-0.2, 0) is 9.84 Å². The molecule has 0 amide bonds. The van der Waals surface area contributed by atoms with E-state index in [2.05, 4.69) is 39.7 Å². The predicted molar refractivity (Wildman–Crippen MR) is 103 cm³/mol. The number of anilines is 1. The lowest BCUT2D eigenvalue weighted by molar-refractivity contribution is 0.580. The minimum absolute atomic E-state index is 0.0536. The quantitative estimate of drug-likeness (QED) is 0.399. The Morgan fingerprint density at radius 2 is 1.96 bits per heavy atom. The minimum atomic E-state index is -2.92. The molecule has 1 aromatic carbocycles. The second kappa shape index (κ2) is 10.2. The Morgan fingerprint density at radius 3 is 2.54 bits per heavy atom. The third-order valence-electron chi connectivity index (χ3n) is 3.69. The molecule has 7 heteroatoms. The fourth-order valence-electron chi connectivity index (χ4n) is 2.23. The maximum atomic E-state index is 11.2. The highest BCUT2D eigenvalue weighted by Crippen LogP contribution is 2.10. The van der Waals surface area contributed by atoms with E-state index in [4.69, 9.17) is 0 Å². The summed E-state index contributed by atoms with van der Waals surface area (Å²) in [5.41, 5.74) is 1.20. The number of guanidine groups is 1. The second-order valence-electron chi connectivity index (χ2n) is 6.07. The highest BCUT2D eigenvalue weighted by atomic mass is 32.2. The van der Waals surface area contributed by atoms with Crippen LogP contribution in [0, 0.1) is 0 Å². The normalized spacial score (nSPS) is 13.4. The van der Waals surface area contributed by atoms with Gasteiger partial charge in [0, 0.05) is 45.2 Å². The molecule has 1 rings (SSSR count). The fourth-order valence-corrected chi connectivity index (χ4v) is 3.01. The van der Waals surface area contributed by atoms with Crippen LogP contribution in [0.4, 0.5) is 5.69 Å². The Balaban J connectivity index is 2.27. The van der Waals surface area contributed by atoms with E-state index in [-0.39, 0.29) is 11.8 Å². The molecular formula is C17H30N4O2S. The van der Waals surface area contributed by atoms with E-state index in [0.717, 1.165) is 19.5 Å². The molecular weight excluding hydrogens is 324 g/mol. The van der Waals surface area contributed by atoms with Crippen molar-refractivity contribution >= 4 is 21.5 Å². The van der Waals surface area contributed by atoms with Crippen molar-refractivity contribution in [3.05, 3.63) is 30.3 Å². The average Bonchev–Trinajstić information content (AvgIpc) is 2.55. The summed E-state index contributed by atoms with van der Waals surface area (Å²) in [6.07, 6.45) is 2.80. The monoisotopic (exact) mass is 354 g/mol. The topological polar surface area (TPSA) is 73.8 Å². The van der Waals surface area contributed by atoms with E-state index >= 15 is 0 Å². The van der Waals surface area contributed by atoms with Crippen molar-refractivity contribution < 1.29 is 8.42 Å². The number of sulfone groups is 1.